The quantitative estimate of drug-likeness (QED) is 0.589. The SMILES string of the molecule is CCC(C)c1ccc(C(=O)OC(C)C(F)(F)S(=O)(=O)[O-])cc1. The molecule has 0 fully saturated rings. The number of benzene rings is 1. The van der Waals surface area contributed by atoms with Crippen molar-refractivity contribution in [2.45, 2.75) is 44.5 Å². The van der Waals surface area contributed by atoms with Crippen molar-refractivity contribution in [1.29, 1.82) is 0 Å². The van der Waals surface area contributed by atoms with Crippen molar-refractivity contribution in [3.8, 4) is 0 Å². The first-order valence-electron chi connectivity index (χ1n) is 6.64. The van der Waals surface area contributed by atoms with Crippen LogP contribution >= 0.6 is 0 Å². The molecule has 0 N–H and O–H groups in total. The van der Waals surface area contributed by atoms with Gasteiger partial charge in [0.2, 0.25) is 0 Å². The molecule has 1 rings (SSSR count). The van der Waals surface area contributed by atoms with Crippen LogP contribution in [0.4, 0.5) is 8.78 Å². The number of ether oxygens (including phenoxy) is 1. The van der Waals surface area contributed by atoms with E-state index in [-0.39, 0.29) is 11.5 Å². The van der Waals surface area contributed by atoms with Gasteiger partial charge in [0.05, 0.1) is 5.56 Å². The van der Waals surface area contributed by atoms with Crippen molar-refractivity contribution in [2.75, 3.05) is 0 Å². The van der Waals surface area contributed by atoms with Gasteiger partial charge in [0.1, 0.15) is 0 Å². The summed E-state index contributed by atoms with van der Waals surface area (Å²) in [5, 5.41) is -4.68. The highest BCUT2D eigenvalue weighted by Gasteiger charge is 2.46. The Morgan fingerprint density at radius 2 is 1.77 bits per heavy atom. The molecule has 0 saturated heterocycles. The zero-order valence-corrected chi connectivity index (χ0v) is 13.2. The normalized spacial score (nSPS) is 15.2. The van der Waals surface area contributed by atoms with Crippen LogP contribution in [0.25, 0.3) is 0 Å². The fourth-order valence-corrected chi connectivity index (χ4v) is 2.14. The summed E-state index contributed by atoms with van der Waals surface area (Å²) in [6.07, 6.45) is -1.48. The van der Waals surface area contributed by atoms with Gasteiger partial charge in [-0.15, -0.1) is 0 Å². The smallest absolute Gasteiger partial charge is 0.370 e. The summed E-state index contributed by atoms with van der Waals surface area (Å²) in [6.45, 7) is 4.65. The second kappa shape index (κ2) is 6.70. The van der Waals surface area contributed by atoms with Crippen molar-refractivity contribution in [3.63, 3.8) is 0 Å². The highest BCUT2D eigenvalue weighted by atomic mass is 32.2. The zero-order chi connectivity index (χ0) is 17.1. The number of halogens is 2. The van der Waals surface area contributed by atoms with E-state index in [4.69, 9.17) is 0 Å². The Morgan fingerprint density at radius 1 is 1.27 bits per heavy atom. The van der Waals surface area contributed by atoms with Crippen LogP contribution in [-0.4, -0.2) is 30.3 Å². The van der Waals surface area contributed by atoms with E-state index in [1.165, 1.54) is 12.1 Å². The zero-order valence-electron chi connectivity index (χ0n) is 12.4. The Labute approximate surface area is 128 Å². The maximum atomic E-state index is 13.2. The van der Waals surface area contributed by atoms with Gasteiger partial charge in [-0.3, -0.25) is 0 Å². The second-order valence-electron chi connectivity index (χ2n) is 4.99. The molecule has 0 aromatic heterocycles. The molecule has 8 heteroatoms. The maximum Gasteiger partial charge on any atom is 0.370 e. The van der Waals surface area contributed by atoms with Crippen molar-refractivity contribution in [3.05, 3.63) is 35.4 Å². The molecule has 0 aliphatic carbocycles. The monoisotopic (exact) mass is 335 g/mol. The molecule has 0 saturated carbocycles. The summed E-state index contributed by atoms with van der Waals surface area (Å²) in [4.78, 5) is 11.7. The Hall–Kier alpha value is -1.54. The molecule has 0 heterocycles. The molecule has 0 spiro atoms. The molecule has 1 aromatic rings. The lowest BCUT2D eigenvalue weighted by Crippen LogP contribution is -2.42. The largest absolute Gasteiger partial charge is 0.743 e. The van der Waals surface area contributed by atoms with E-state index >= 15 is 0 Å². The number of alkyl halides is 2. The molecule has 0 aliphatic heterocycles. The average Bonchev–Trinajstić information content (AvgIpc) is 2.45. The van der Waals surface area contributed by atoms with Crippen LogP contribution in [0.1, 0.15) is 49.0 Å². The van der Waals surface area contributed by atoms with Crippen LogP contribution < -0.4 is 0 Å². The summed E-state index contributed by atoms with van der Waals surface area (Å²) in [5.74, 6) is -0.842. The van der Waals surface area contributed by atoms with Gasteiger partial charge in [0.25, 0.3) is 0 Å². The van der Waals surface area contributed by atoms with Crippen molar-refractivity contribution >= 4 is 16.1 Å². The molecule has 124 valence electrons. The van der Waals surface area contributed by atoms with Crippen LogP contribution in [0.2, 0.25) is 0 Å². The van der Waals surface area contributed by atoms with Gasteiger partial charge in [0.15, 0.2) is 16.2 Å². The molecular weight excluding hydrogens is 318 g/mol. The summed E-state index contributed by atoms with van der Waals surface area (Å²) in [5.41, 5.74) is 0.970. The number of hydrogen-bond acceptors (Lipinski definition) is 5. The van der Waals surface area contributed by atoms with Crippen molar-refractivity contribution in [2.24, 2.45) is 0 Å². The van der Waals surface area contributed by atoms with Crippen LogP contribution in [0, 0.1) is 0 Å². The van der Waals surface area contributed by atoms with E-state index in [9.17, 15) is 26.5 Å². The Bertz CT molecular complexity index is 625. The number of rotatable bonds is 6. The second-order valence-corrected chi connectivity index (χ2v) is 6.45. The summed E-state index contributed by atoms with van der Waals surface area (Å²) >= 11 is 0. The lowest BCUT2D eigenvalue weighted by molar-refractivity contribution is -0.0554. The molecule has 2 atom stereocenters. The van der Waals surface area contributed by atoms with E-state index < -0.39 is 27.4 Å². The molecular formula is C14H17F2O5S-. The van der Waals surface area contributed by atoms with Crippen molar-refractivity contribution < 1.29 is 31.3 Å². The summed E-state index contributed by atoms with van der Waals surface area (Å²) in [7, 11) is -5.91. The Balaban J connectivity index is 2.86. The molecule has 5 nitrogen and oxygen atoms in total. The summed E-state index contributed by atoms with van der Waals surface area (Å²) in [6, 6.07) is 6.14. The first-order valence-corrected chi connectivity index (χ1v) is 8.05. The van der Waals surface area contributed by atoms with E-state index in [2.05, 4.69) is 4.74 Å². The Morgan fingerprint density at radius 3 is 2.18 bits per heavy atom. The third-order valence-electron chi connectivity index (χ3n) is 3.42. The number of carbonyl (C=O) groups is 1. The van der Waals surface area contributed by atoms with Gasteiger partial charge in [-0.05, 0) is 37.0 Å². The first kappa shape index (κ1) is 18.5. The van der Waals surface area contributed by atoms with E-state index in [1.54, 1.807) is 12.1 Å². The lowest BCUT2D eigenvalue weighted by Gasteiger charge is -2.25. The maximum absolute atomic E-state index is 13.2. The third-order valence-corrected chi connectivity index (χ3v) is 4.42. The standard InChI is InChI=1S/C14H18F2O5S/c1-4-9(2)11-5-7-12(8-6-11)13(17)21-10(3)14(15,16)22(18,19)20/h5-10H,4H2,1-3H3,(H,18,19,20)/p-1. The fraction of sp³-hybridized carbons (Fsp3) is 0.500. The first-order chi connectivity index (χ1) is 10.0. The topological polar surface area (TPSA) is 83.5 Å². The Kier molecular flexibility index (Phi) is 5.64. The molecule has 0 amide bonds. The molecule has 0 bridgehead atoms. The predicted octanol–water partition coefficient (Wildman–Crippen LogP) is 2.88. The number of hydrogen-bond donors (Lipinski definition) is 0. The van der Waals surface area contributed by atoms with Gasteiger partial charge >= 0.3 is 11.2 Å². The number of esters is 1. The van der Waals surface area contributed by atoms with Crippen LogP contribution in [0.5, 0.6) is 0 Å². The minimum Gasteiger partial charge on any atom is -0.743 e. The molecule has 1 aromatic carbocycles. The van der Waals surface area contributed by atoms with Gasteiger partial charge in [-0.25, -0.2) is 13.2 Å². The molecule has 0 radical (unpaired) electrons. The highest BCUT2D eigenvalue weighted by molar-refractivity contribution is 7.86. The van der Waals surface area contributed by atoms with Crippen molar-refractivity contribution in [1.82, 2.24) is 0 Å². The minimum atomic E-state index is -5.91. The van der Waals surface area contributed by atoms with Gasteiger partial charge in [-0.2, -0.15) is 8.78 Å². The van der Waals surface area contributed by atoms with Gasteiger partial charge in [-0.1, -0.05) is 26.0 Å². The summed E-state index contributed by atoms with van der Waals surface area (Å²) < 4.78 is 62.3. The molecule has 22 heavy (non-hydrogen) atoms. The third kappa shape index (κ3) is 4.01. The highest BCUT2D eigenvalue weighted by Crippen LogP contribution is 2.27. The lowest BCUT2D eigenvalue weighted by atomic mass is 9.98. The van der Waals surface area contributed by atoms with Crippen LogP contribution in [0.15, 0.2) is 24.3 Å². The molecule has 2 unspecified atom stereocenters. The average molecular weight is 335 g/mol. The molecule has 0 aliphatic rings. The van der Waals surface area contributed by atoms with Gasteiger partial charge in [0, 0.05) is 0 Å². The minimum absolute atomic E-state index is 0.00185. The van der Waals surface area contributed by atoms with E-state index in [1.807, 2.05) is 13.8 Å². The number of carbonyl (C=O) groups excluding carboxylic acids is 1. The fourth-order valence-electron chi connectivity index (χ4n) is 1.68. The van der Waals surface area contributed by atoms with E-state index in [0.717, 1.165) is 12.0 Å². The predicted molar refractivity (Wildman–Crippen MR) is 74.7 cm³/mol. The van der Waals surface area contributed by atoms with E-state index in [0.29, 0.717) is 6.92 Å². The van der Waals surface area contributed by atoms with Gasteiger partial charge < -0.3 is 9.29 Å². The van der Waals surface area contributed by atoms with Crippen LogP contribution in [0.3, 0.4) is 0 Å². The van der Waals surface area contributed by atoms with Crippen LogP contribution in [-0.2, 0) is 14.9 Å².